The van der Waals surface area contributed by atoms with Gasteiger partial charge in [-0.05, 0) is 32.1 Å². The maximum absolute atomic E-state index is 12.7. The van der Waals surface area contributed by atoms with Crippen LogP contribution in [0.15, 0.2) is 12.2 Å². The third-order valence-corrected chi connectivity index (χ3v) is 4.31. The number of hydrogen-bond acceptors (Lipinski definition) is 3. The van der Waals surface area contributed by atoms with Gasteiger partial charge in [-0.25, -0.2) is 0 Å². The highest BCUT2D eigenvalue weighted by Crippen LogP contribution is 2.29. The van der Waals surface area contributed by atoms with E-state index >= 15 is 0 Å². The van der Waals surface area contributed by atoms with E-state index in [9.17, 15) is 14.7 Å². The third-order valence-electron chi connectivity index (χ3n) is 4.31. The van der Waals surface area contributed by atoms with Crippen LogP contribution in [-0.2, 0) is 14.3 Å². The highest BCUT2D eigenvalue weighted by molar-refractivity contribution is 5.85. The lowest BCUT2D eigenvalue weighted by molar-refractivity contribution is -0.152. The third kappa shape index (κ3) is 4.06. The molecule has 1 fully saturated rings. The van der Waals surface area contributed by atoms with Gasteiger partial charge < -0.3 is 14.7 Å². The van der Waals surface area contributed by atoms with Crippen LogP contribution in [0, 0.1) is 11.8 Å². The molecular formula is C16H25NO4. The Labute approximate surface area is 126 Å². The second-order valence-corrected chi connectivity index (χ2v) is 5.91. The summed E-state index contributed by atoms with van der Waals surface area (Å²) in [5, 5.41) is 9.29. The van der Waals surface area contributed by atoms with Gasteiger partial charge in [0.1, 0.15) is 0 Å². The summed E-state index contributed by atoms with van der Waals surface area (Å²) < 4.78 is 5.75. The van der Waals surface area contributed by atoms with Crippen molar-refractivity contribution >= 4 is 11.9 Å². The van der Waals surface area contributed by atoms with Gasteiger partial charge in [0, 0.05) is 19.7 Å². The maximum Gasteiger partial charge on any atom is 0.307 e. The van der Waals surface area contributed by atoms with Crippen molar-refractivity contribution in [3.8, 4) is 0 Å². The van der Waals surface area contributed by atoms with Gasteiger partial charge in [-0.2, -0.15) is 0 Å². The van der Waals surface area contributed by atoms with Gasteiger partial charge in [-0.15, -0.1) is 0 Å². The zero-order chi connectivity index (χ0) is 15.2. The first kappa shape index (κ1) is 16.0. The van der Waals surface area contributed by atoms with Crippen LogP contribution in [0.1, 0.15) is 39.0 Å². The van der Waals surface area contributed by atoms with Crippen molar-refractivity contribution in [2.75, 3.05) is 19.7 Å². The number of piperidine rings is 1. The van der Waals surface area contributed by atoms with Crippen molar-refractivity contribution in [2.24, 2.45) is 11.8 Å². The molecule has 5 heteroatoms. The summed E-state index contributed by atoms with van der Waals surface area (Å²) in [6.45, 7) is 4.11. The lowest BCUT2D eigenvalue weighted by Gasteiger charge is -2.36. The van der Waals surface area contributed by atoms with E-state index in [2.05, 4.69) is 6.92 Å². The molecule has 0 aromatic heterocycles. The molecule has 0 radical (unpaired) electrons. The van der Waals surface area contributed by atoms with Gasteiger partial charge >= 0.3 is 5.97 Å². The smallest absolute Gasteiger partial charge is 0.307 e. The molecule has 1 heterocycles. The second-order valence-electron chi connectivity index (χ2n) is 5.91. The molecule has 0 aromatic carbocycles. The number of carbonyl (C=O) groups is 2. The van der Waals surface area contributed by atoms with Crippen LogP contribution in [0.4, 0.5) is 0 Å². The minimum Gasteiger partial charge on any atom is -0.481 e. The van der Waals surface area contributed by atoms with Crippen molar-refractivity contribution in [3.05, 3.63) is 12.2 Å². The molecular weight excluding hydrogens is 270 g/mol. The Morgan fingerprint density at radius 3 is 2.67 bits per heavy atom. The Bertz CT molecular complexity index is 407. The van der Waals surface area contributed by atoms with Crippen LogP contribution in [-0.4, -0.2) is 47.7 Å². The zero-order valence-corrected chi connectivity index (χ0v) is 12.7. The number of likely N-dealkylation sites (tertiary alicyclic amines) is 1. The molecule has 1 saturated heterocycles. The van der Waals surface area contributed by atoms with Crippen LogP contribution in [0.3, 0.4) is 0 Å². The molecule has 0 saturated carbocycles. The van der Waals surface area contributed by atoms with E-state index < -0.39 is 17.8 Å². The summed E-state index contributed by atoms with van der Waals surface area (Å²) in [5.41, 5.74) is 0. The van der Waals surface area contributed by atoms with Crippen LogP contribution in [0.25, 0.3) is 0 Å². The summed E-state index contributed by atoms with van der Waals surface area (Å²) in [6.07, 6.45) is 7.77. The fraction of sp³-hybridized carbons (Fsp3) is 0.750. The Hall–Kier alpha value is -1.36. The van der Waals surface area contributed by atoms with E-state index in [1.165, 1.54) is 0 Å². The molecule has 1 aliphatic heterocycles. The molecule has 0 spiro atoms. The van der Waals surface area contributed by atoms with Crippen molar-refractivity contribution in [2.45, 2.75) is 45.1 Å². The van der Waals surface area contributed by atoms with Crippen molar-refractivity contribution in [3.63, 3.8) is 0 Å². The number of carboxylic acid groups (broad SMARTS) is 1. The Kier molecular flexibility index (Phi) is 5.79. The van der Waals surface area contributed by atoms with E-state index in [0.29, 0.717) is 19.4 Å². The topological polar surface area (TPSA) is 66.8 Å². The number of rotatable bonds is 5. The van der Waals surface area contributed by atoms with E-state index in [-0.39, 0.29) is 12.0 Å². The number of aliphatic carboxylic acids is 1. The predicted octanol–water partition coefficient (Wildman–Crippen LogP) is 2.07. The van der Waals surface area contributed by atoms with Crippen LogP contribution < -0.4 is 0 Å². The molecule has 5 nitrogen and oxygen atoms in total. The fourth-order valence-corrected chi connectivity index (χ4v) is 3.15. The molecule has 21 heavy (non-hydrogen) atoms. The van der Waals surface area contributed by atoms with E-state index in [1.54, 1.807) is 0 Å². The number of nitrogens with zero attached hydrogens (tertiary/aromatic N) is 1. The number of amides is 1. The molecule has 0 aromatic rings. The second kappa shape index (κ2) is 7.59. The van der Waals surface area contributed by atoms with Crippen LogP contribution >= 0.6 is 0 Å². The quantitative estimate of drug-likeness (QED) is 0.789. The number of hydrogen-bond donors (Lipinski definition) is 1. The number of ether oxygens (including phenoxy) is 1. The molecule has 2 aliphatic rings. The van der Waals surface area contributed by atoms with Crippen molar-refractivity contribution < 1.29 is 19.4 Å². The normalized spacial score (nSPS) is 29.4. The lowest BCUT2D eigenvalue weighted by atomic mass is 9.81. The summed E-state index contributed by atoms with van der Waals surface area (Å²) in [4.78, 5) is 25.8. The number of carbonyl (C=O) groups excluding carboxylic acids is 1. The van der Waals surface area contributed by atoms with Gasteiger partial charge in [0.15, 0.2) is 0 Å². The summed E-state index contributed by atoms with van der Waals surface area (Å²) in [5.74, 6) is -1.89. The highest BCUT2D eigenvalue weighted by Gasteiger charge is 2.37. The molecule has 2 rings (SSSR count). The van der Waals surface area contributed by atoms with Gasteiger partial charge in [0.2, 0.25) is 5.91 Å². The average Bonchev–Trinajstić information content (AvgIpc) is 2.52. The first-order valence-electron chi connectivity index (χ1n) is 7.91. The molecule has 1 unspecified atom stereocenters. The van der Waals surface area contributed by atoms with Crippen molar-refractivity contribution in [1.29, 1.82) is 0 Å². The molecule has 1 aliphatic carbocycles. The Balaban J connectivity index is 1.97. The monoisotopic (exact) mass is 295 g/mol. The van der Waals surface area contributed by atoms with Crippen LogP contribution in [0.5, 0.6) is 0 Å². The Morgan fingerprint density at radius 1 is 1.29 bits per heavy atom. The standard InChI is InChI=1S/C16H25NO4/c1-2-10-21-12-6-5-9-17(11-12)15(18)13-7-3-4-8-14(13)16(19)20/h3-4,12-14H,2,5-11H2,1H3,(H,19,20)/t12?,13-,14+/m1/s1. The van der Waals surface area contributed by atoms with Gasteiger partial charge in [0.05, 0.1) is 17.9 Å². The maximum atomic E-state index is 12.7. The first-order valence-corrected chi connectivity index (χ1v) is 7.91. The minimum absolute atomic E-state index is 0.0171. The highest BCUT2D eigenvalue weighted by atomic mass is 16.5. The largest absolute Gasteiger partial charge is 0.481 e. The predicted molar refractivity (Wildman–Crippen MR) is 78.8 cm³/mol. The fourth-order valence-electron chi connectivity index (χ4n) is 3.15. The molecule has 1 N–H and O–H groups in total. The summed E-state index contributed by atoms with van der Waals surface area (Å²) >= 11 is 0. The molecule has 1 amide bonds. The van der Waals surface area contributed by atoms with Crippen LogP contribution in [0.2, 0.25) is 0 Å². The SMILES string of the molecule is CCCOC1CCCN(C(=O)[C@@H]2CC=CC[C@@H]2C(=O)O)C1. The average molecular weight is 295 g/mol. The molecule has 3 atom stereocenters. The van der Waals surface area contributed by atoms with E-state index in [0.717, 1.165) is 32.4 Å². The first-order chi connectivity index (χ1) is 10.1. The summed E-state index contributed by atoms with van der Waals surface area (Å²) in [6, 6.07) is 0. The lowest BCUT2D eigenvalue weighted by Crippen LogP contribution is -2.48. The van der Waals surface area contributed by atoms with E-state index in [4.69, 9.17) is 4.74 Å². The summed E-state index contributed by atoms with van der Waals surface area (Å²) in [7, 11) is 0. The minimum atomic E-state index is -0.867. The molecule has 0 bridgehead atoms. The van der Waals surface area contributed by atoms with E-state index in [1.807, 2.05) is 17.1 Å². The molecule has 118 valence electrons. The zero-order valence-electron chi connectivity index (χ0n) is 12.7. The van der Waals surface area contributed by atoms with Gasteiger partial charge in [0.25, 0.3) is 0 Å². The Morgan fingerprint density at radius 2 is 2.00 bits per heavy atom. The number of carboxylic acids is 1. The van der Waals surface area contributed by atoms with Gasteiger partial charge in [-0.3, -0.25) is 9.59 Å². The van der Waals surface area contributed by atoms with Crippen molar-refractivity contribution in [1.82, 2.24) is 4.90 Å². The van der Waals surface area contributed by atoms with Gasteiger partial charge in [-0.1, -0.05) is 19.1 Å². The number of allylic oxidation sites excluding steroid dienone is 2.